The predicted octanol–water partition coefficient (Wildman–Crippen LogP) is 1.51. The summed E-state index contributed by atoms with van der Waals surface area (Å²) in [6.07, 6.45) is 0.747. The van der Waals surface area contributed by atoms with Crippen molar-refractivity contribution >= 4 is 22.0 Å². The van der Waals surface area contributed by atoms with E-state index in [-0.39, 0.29) is 49.9 Å². The number of nitrogens with zero attached hydrogens (tertiary/aromatic N) is 3. The van der Waals surface area contributed by atoms with Gasteiger partial charge in [-0.2, -0.15) is 4.31 Å². The first-order valence-electron chi connectivity index (χ1n) is 11.0. The van der Waals surface area contributed by atoms with Crippen molar-refractivity contribution in [1.29, 1.82) is 0 Å². The number of rotatable bonds is 8. The summed E-state index contributed by atoms with van der Waals surface area (Å²) in [6, 6.07) is 7.10. The van der Waals surface area contributed by atoms with Crippen molar-refractivity contribution in [3.63, 3.8) is 0 Å². The molecule has 0 spiro atoms. The molecule has 2 aromatic rings. The van der Waals surface area contributed by atoms with Crippen LogP contribution in [0.15, 0.2) is 47.5 Å². The van der Waals surface area contributed by atoms with E-state index < -0.39 is 39.4 Å². The molecule has 2 N–H and O–H groups in total. The zero-order valence-electron chi connectivity index (χ0n) is 19.3. The second kappa shape index (κ2) is 10.3. The first-order chi connectivity index (χ1) is 17.2. The minimum absolute atomic E-state index is 0.00425. The first kappa shape index (κ1) is 25.8. The summed E-state index contributed by atoms with van der Waals surface area (Å²) >= 11 is 0. The molecular weight excluding hydrogens is 499 g/mol. The Kier molecular flexibility index (Phi) is 7.40. The number of fused-ring (bicyclic) bond motifs is 2. The monoisotopic (exact) mass is 524 g/mol. The molecule has 12 nitrogen and oxygen atoms in total. The zero-order valence-corrected chi connectivity index (χ0v) is 20.1. The van der Waals surface area contributed by atoms with E-state index in [0.29, 0.717) is 5.75 Å². The molecule has 2 aliphatic rings. The largest absolute Gasteiger partial charge is 0.447 e. The van der Waals surface area contributed by atoms with Gasteiger partial charge in [-0.25, -0.2) is 28.1 Å². The number of nitrogens with one attached hydrogen (secondary N) is 1. The van der Waals surface area contributed by atoms with Gasteiger partial charge in [0, 0.05) is 25.8 Å². The lowest BCUT2D eigenvalue weighted by Crippen LogP contribution is -2.69. The molecule has 36 heavy (non-hydrogen) atoms. The van der Waals surface area contributed by atoms with E-state index in [9.17, 15) is 27.6 Å². The lowest BCUT2D eigenvalue weighted by molar-refractivity contribution is -0.141. The van der Waals surface area contributed by atoms with Gasteiger partial charge in [-0.15, -0.1) is 0 Å². The molecule has 0 radical (unpaired) electrons. The van der Waals surface area contributed by atoms with Crippen LogP contribution >= 0.6 is 0 Å². The number of hydroxylamine groups is 1. The average molecular weight is 525 g/mol. The molecule has 194 valence electrons. The van der Waals surface area contributed by atoms with Crippen molar-refractivity contribution in [2.45, 2.75) is 29.3 Å². The number of likely N-dealkylation sites (tertiary alicyclic amines) is 1. The zero-order chi connectivity index (χ0) is 25.9. The van der Waals surface area contributed by atoms with E-state index in [4.69, 9.17) is 14.2 Å². The lowest BCUT2D eigenvalue weighted by atomic mass is 9.96. The van der Waals surface area contributed by atoms with Crippen molar-refractivity contribution in [3.8, 4) is 11.6 Å². The second-order valence-electron chi connectivity index (χ2n) is 8.34. The van der Waals surface area contributed by atoms with Crippen molar-refractivity contribution in [2.24, 2.45) is 0 Å². The highest BCUT2D eigenvalue weighted by molar-refractivity contribution is 7.89. The van der Waals surface area contributed by atoms with E-state index in [1.54, 1.807) is 5.48 Å². The third-order valence-corrected chi connectivity index (χ3v) is 8.13. The van der Waals surface area contributed by atoms with Crippen LogP contribution in [-0.4, -0.2) is 84.8 Å². The quantitative estimate of drug-likeness (QED) is 0.298. The number of carbonyl (C=O) groups excluding carboxylic acids is 2. The Bertz CT molecular complexity index is 1210. The van der Waals surface area contributed by atoms with E-state index in [1.807, 2.05) is 0 Å². The third-order valence-electron chi connectivity index (χ3n) is 6.13. The van der Waals surface area contributed by atoms with E-state index in [0.717, 1.165) is 10.5 Å². The molecule has 2 atom stereocenters. The first-order valence-corrected chi connectivity index (χ1v) is 12.4. The van der Waals surface area contributed by atoms with Gasteiger partial charge in [-0.1, -0.05) is 0 Å². The van der Waals surface area contributed by atoms with Crippen molar-refractivity contribution in [2.75, 3.05) is 33.4 Å². The number of ether oxygens (including phenoxy) is 3. The number of aromatic nitrogens is 1. The van der Waals surface area contributed by atoms with Gasteiger partial charge in [0.2, 0.25) is 15.9 Å². The predicted molar refractivity (Wildman–Crippen MR) is 120 cm³/mol. The maximum atomic E-state index is 13.7. The molecule has 0 unspecified atom stereocenters. The van der Waals surface area contributed by atoms with Crippen LogP contribution < -0.4 is 10.2 Å². The van der Waals surface area contributed by atoms with Gasteiger partial charge in [0.15, 0.2) is 0 Å². The summed E-state index contributed by atoms with van der Waals surface area (Å²) in [5.41, 5.74) is -0.183. The number of pyridine rings is 1. The molecule has 14 heteroatoms. The number of piperazine rings is 1. The fourth-order valence-electron chi connectivity index (χ4n) is 4.51. The van der Waals surface area contributed by atoms with Crippen LogP contribution in [-0.2, 0) is 24.3 Å². The molecule has 2 aliphatic heterocycles. The van der Waals surface area contributed by atoms with Crippen LogP contribution in [0.5, 0.6) is 11.6 Å². The van der Waals surface area contributed by atoms with Crippen LogP contribution in [0.3, 0.4) is 0 Å². The fourth-order valence-corrected chi connectivity index (χ4v) is 6.42. The van der Waals surface area contributed by atoms with E-state index in [1.165, 1.54) is 48.4 Å². The molecule has 0 saturated carbocycles. The van der Waals surface area contributed by atoms with Gasteiger partial charge < -0.3 is 19.1 Å². The number of sulfonamides is 1. The van der Waals surface area contributed by atoms with Crippen LogP contribution in [0, 0.1) is 5.82 Å². The summed E-state index contributed by atoms with van der Waals surface area (Å²) in [5.74, 6) is -0.998. The number of hydrogen-bond donors (Lipinski definition) is 2. The average Bonchev–Trinajstić information content (AvgIpc) is 3.13. The Morgan fingerprint density at radius 3 is 2.61 bits per heavy atom. The molecule has 2 saturated heterocycles. The molecule has 2 fully saturated rings. The highest BCUT2D eigenvalue weighted by Gasteiger charge is 2.61. The van der Waals surface area contributed by atoms with Gasteiger partial charge in [0.05, 0.1) is 19.3 Å². The Morgan fingerprint density at radius 1 is 1.22 bits per heavy atom. The summed E-state index contributed by atoms with van der Waals surface area (Å²) < 4.78 is 56.9. The molecule has 2 bridgehead atoms. The topological polar surface area (TPSA) is 148 Å². The molecular formula is C22H25FN4O8S. The number of methoxy groups -OCH3 is 1. The smallest absolute Gasteiger partial charge is 0.409 e. The highest BCUT2D eigenvalue weighted by atomic mass is 32.2. The van der Waals surface area contributed by atoms with Crippen molar-refractivity contribution in [1.82, 2.24) is 19.7 Å². The number of amides is 2. The molecule has 0 aliphatic carbocycles. The Labute approximate surface area is 206 Å². The maximum absolute atomic E-state index is 13.7. The van der Waals surface area contributed by atoms with Crippen LogP contribution in [0.2, 0.25) is 0 Å². The van der Waals surface area contributed by atoms with Gasteiger partial charge >= 0.3 is 6.09 Å². The Balaban J connectivity index is 1.58. The second-order valence-corrected chi connectivity index (χ2v) is 10.2. The lowest BCUT2D eigenvalue weighted by Gasteiger charge is -2.45. The number of carbonyl (C=O) groups is 2. The maximum Gasteiger partial charge on any atom is 0.409 e. The fraction of sp³-hybridized carbons (Fsp3) is 0.409. The normalized spacial score (nSPS) is 21.8. The van der Waals surface area contributed by atoms with Crippen LogP contribution in [0.4, 0.5) is 9.18 Å². The van der Waals surface area contributed by atoms with Gasteiger partial charge in [0.1, 0.15) is 28.6 Å². The molecule has 1 aromatic carbocycles. The summed E-state index contributed by atoms with van der Waals surface area (Å²) in [7, 11) is -2.83. The Hall–Kier alpha value is -3.33. The van der Waals surface area contributed by atoms with Gasteiger partial charge in [-0.05, 0) is 43.2 Å². The standard InChI is InChI=1S/C22H25FN4O8S/c1-33-10-11-34-21(29)26-13-16-8-9-22(14-26,20(28)25-30)27(16)36(31,32)18-6-7-19(24-12-18)35-17-4-2-15(23)3-5-17/h2-7,12,16,30H,8-11,13-14H2,1H3,(H,25,28)/t16-,22+/m1/s1. The number of halogens is 1. The van der Waals surface area contributed by atoms with Crippen molar-refractivity contribution < 1.29 is 41.8 Å². The highest BCUT2D eigenvalue weighted by Crippen LogP contribution is 2.43. The minimum atomic E-state index is -4.28. The van der Waals surface area contributed by atoms with E-state index >= 15 is 0 Å². The summed E-state index contributed by atoms with van der Waals surface area (Å²) in [6.45, 7) is -0.125. The van der Waals surface area contributed by atoms with Gasteiger partial charge in [-0.3, -0.25) is 10.0 Å². The number of benzene rings is 1. The van der Waals surface area contributed by atoms with Crippen LogP contribution in [0.25, 0.3) is 0 Å². The SMILES string of the molecule is COCCOC(=O)N1C[C@H]2CC[C@@](C(=O)NO)(C1)N2S(=O)(=O)c1ccc(Oc2ccc(F)cc2)nc1. The molecule has 3 heterocycles. The van der Waals surface area contributed by atoms with Crippen LogP contribution in [0.1, 0.15) is 12.8 Å². The summed E-state index contributed by atoms with van der Waals surface area (Å²) in [5, 5.41) is 9.42. The Morgan fingerprint density at radius 2 is 1.97 bits per heavy atom. The molecule has 1 aromatic heterocycles. The third kappa shape index (κ3) is 4.84. The molecule has 4 rings (SSSR count). The minimum Gasteiger partial charge on any atom is -0.447 e. The summed E-state index contributed by atoms with van der Waals surface area (Å²) in [4.78, 5) is 30.4. The van der Waals surface area contributed by atoms with Crippen molar-refractivity contribution in [3.05, 3.63) is 48.4 Å². The molecule has 2 amide bonds. The number of hydrogen-bond acceptors (Lipinski definition) is 9. The van der Waals surface area contributed by atoms with E-state index in [2.05, 4.69) is 4.98 Å². The van der Waals surface area contributed by atoms with Gasteiger partial charge in [0.25, 0.3) is 5.91 Å².